The average Bonchev–Trinajstić information content (AvgIpc) is 1.88. The van der Waals surface area contributed by atoms with E-state index >= 15 is 0 Å². The molecule has 0 saturated carbocycles. The molecule has 0 heterocycles. The molecule has 0 aliphatic heterocycles. The SMILES string of the molecule is BC1C=CC(CC)C(I)C1. The van der Waals surface area contributed by atoms with Gasteiger partial charge in [0.1, 0.15) is 7.85 Å². The Morgan fingerprint density at radius 1 is 1.60 bits per heavy atom. The van der Waals surface area contributed by atoms with Crippen LogP contribution in [-0.2, 0) is 0 Å². The Hall–Kier alpha value is 0.535. The van der Waals surface area contributed by atoms with E-state index in [0.29, 0.717) is 0 Å². The third-order valence-corrected chi connectivity index (χ3v) is 3.65. The van der Waals surface area contributed by atoms with Gasteiger partial charge >= 0.3 is 0 Å². The van der Waals surface area contributed by atoms with Crippen molar-refractivity contribution < 1.29 is 0 Å². The van der Waals surface area contributed by atoms with Crippen LogP contribution < -0.4 is 0 Å². The van der Waals surface area contributed by atoms with Gasteiger partial charge in [0.2, 0.25) is 0 Å². The van der Waals surface area contributed by atoms with Crippen LogP contribution in [0.1, 0.15) is 19.8 Å². The minimum absolute atomic E-state index is 0.810. The molecule has 0 fully saturated rings. The summed E-state index contributed by atoms with van der Waals surface area (Å²) < 4.78 is 0.877. The van der Waals surface area contributed by atoms with E-state index in [4.69, 9.17) is 0 Å². The first-order valence-corrected chi connectivity index (χ1v) is 5.31. The molecule has 0 spiro atoms. The fraction of sp³-hybridized carbons (Fsp3) is 0.750. The largest absolute Gasteiger partial charge is 0.110 e. The quantitative estimate of drug-likeness (QED) is 0.289. The van der Waals surface area contributed by atoms with Gasteiger partial charge in [-0.1, -0.05) is 47.5 Å². The Labute approximate surface area is 78.0 Å². The molecule has 0 aromatic heterocycles. The van der Waals surface area contributed by atoms with E-state index in [1.54, 1.807) is 0 Å². The first-order valence-electron chi connectivity index (χ1n) is 4.06. The van der Waals surface area contributed by atoms with E-state index in [1.807, 2.05) is 0 Å². The van der Waals surface area contributed by atoms with E-state index in [0.717, 1.165) is 15.7 Å². The second kappa shape index (κ2) is 3.79. The number of hydrogen-bond acceptors (Lipinski definition) is 0. The highest BCUT2D eigenvalue weighted by Crippen LogP contribution is 2.31. The van der Waals surface area contributed by atoms with Crippen LogP contribution in [0.5, 0.6) is 0 Å². The molecule has 1 aliphatic carbocycles. The van der Waals surface area contributed by atoms with Crippen LogP contribution in [0, 0.1) is 5.92 Å². The van der Waals surface area contributed by atoms with Crippen molar-refractivity contribution in [1.82, 2.24) is 0 Å². The van der Waals surface area contributed by atoms with Crippen LogP contribution in [-0.4, -0.2) is 11.8 Å². The Bertz CT molecular complexity index is 133. The van der Waals surface area contributed by atoms with Crippen molar-refractivity contribution in [3.63, 3.8) is 0 Å². The molecule has 1 rings (SSSR count). The van der Waals surface area contributed by atoms with Crippen LogP contribution >= 0.6 is 22.6 Å². The van der Waals surface area contributed by atoms with Gasteiger partial charge in [0.05, 0.1) is 0 Å². The molecular weight excluding hydrogens is 234 g/mol. The highest BCUT2D eigenvalue weighted by molar-refractivity contribution is 14.1. The summed E-state index contributed by atoms with van der Waals surface area (Å²) in [6.07, 6.45) is 7.43. The summed E-state index contributed by atoms with van der Waals surface area (Å²) in [5.74, 6) is 1.65. The molecule has 2 heteroatoms. The predicted octanol–water partition coefficient (Wildman–Crippen LogP) is 2.20. The minimum Gasteiger partial charge on any atom is -0.0930 e. The molecule has 0 nitrogen and oxygen atoms in total. The van der Waals surface area contributed by atoms with Gasteiger partial charge in [-0.05, 0) is 18.8 Å². The number of alkyl halides is 1. The van der Waals surface area contributed by atoms with E-state index < -0.39 is 0 Å². The molecule has 0 aromatic rings. The fourth-order valence-electron chi connectivity index (χ4n) is 1.45. The summed E-state index contributed by atoms with van der Waals surface area (Å²) in [6.45, 7) is 2.27. The lowest BCUT2D eigenvalue weighted by atomic mass is 9.76. The van der Waals surface area contributed by atoms with Gasteiger partial charge in [-0.25, -0.2) is 0 Å². The Kier molecular flexibility index (Phi) is 3.27. The van der Waals surface area contributed by atoms with Crippen LogP contribution in [0.4, 0.5) is 0 Å². The Balaban J connectivity index is 2.53. The molecule has 56 valence electrons. The van der Waals surface area contributed by atoms with Gasteiger partial charge in [0.25, 0.3) is 0 Å². The summed E-state index contributed by atoms with van der Waals surface area (Å²) in [5, 5.41) is 0. The minimum atomic E-state index is 0.810. The molecule has 0 saturated heterocycles. The normalized spacial score (nSPS) is 40.0. The maximum Gasteiger partial charge on any atom is 0.110 e. The van der Waals surface area contributed by atoms with Gasteiger partial charge in [0, 0.05) is 3.92 Å². The monoisotopic (exact) mass is 248 g/mol. The van der Waals surface area contributed by atoms with E-state index in [2.05, 4.69) is 49.5 Å². The van der Waals surface area contributed by atoms with Crippen molar-refractivity contribution >= 4 is 30.4 Å². The average molecular weight is 248 g/mol. The number of halogens is 1. The zero-order valence-electron chi connectivity index (χ0n) is 6.68. The summed E-state index contributed by atoms with van der Waals surface area (Å²) >= 11 is 2.58. The first kappa shape index (κ1) is 8.63. The van der Waals surface area contributed by atoms with Crippen LogP contribution in [0.2, 0.25) is 5.82 Å². The molecule has 0 bridgehead atoms. The zero-order chi connectivity index (χ0) is 7.56. The molecule has 1 aliphatic rings. The Morgan fingerprint density at radius 2 is 2.30 bits per heavy atom. The van der Waals surface area contributed by atoms with Crippen molar-refractivity contribution in [3.05, 3.63) is 12.2 Å². The van der Waals surface area contributed by atoms with E-state index in [1.165, 1.54) is 12.8 Å². The van der Waals surface area contributed by atoms with E-state index in [9.17, 15) is 0 Å². The van der Waals surface area contributed by atoms with Crippen molar-refractivity contribution in [1.29, 1.82) is 0 Å². The van der Waals surface area contributed by atoms with Gasteiger partial charge < -0.3 is 0 Å². The van der Waals surface area contributed by atoms with Crippen molar-refractivity contribution in [3.8, 4) is 0 Å². The van der Waals surface area contributed by atoms with Crippen molar-refractivity contribution in [2.45, 2.75) is 29.5 Å². The molecule has 10 heavy (non-hydrogen) atoms. The molecular formula is C8H14BI. The molecule has 0 N–H and O–H groups in total. The molecule has 3 atom stereocenters. The smallest absolute Gasteiger partial charge is 0.0930 e. The highest BCUT2D eigenvalue weighted by Gasteiger charge is 2.19. The lowest BCUT2D eigenvalue weighted by molar-refractivity contribution is 0.559. The number of hydrogen-bond donors (Lipinski definition) is 0. The molecule has 3 unspecified atom stereocenters. The second-order valence-corrected chi connectivity index (χ2v) is 4.79. The topological polar surface area (TPSA) is 0 Å². The standard InChI is InChI=1S/C8H14BI/c1-2-6-3-4-7(9)5-8(6)10/h3-4,6-8H,2,5,9H2,1H3. The fourth-order valence-corrected chi connectivity index (χ4v) is 3.00. The Morgan fingerprint density at radius 3 is 2.80 bits per heavy atom. The van der Waals surface area contributed by atoms with Gasteiger partial charge in [0.15, 0.2) is 0 Å². The predicted molar refractivity (Wildman–Crippen MR) is 57.6 cm³/mol. The summed E-state index contributed by atoms with van der Waals surface area (Å²) in [5.41, 5.74) is 0. The van der Waals surface area contributed by atoms with Crippen molar-refractivity contribution in [2.24, 2.45) is 5.92 Å². The van der Waals surface area contributed by atoms with Crippen LogP contribution in [0.3, 0.4) is 0 Å². The van der Waals surface area contributed by atoms with Gasteiger partial charge in [-0.15, -0.1) is 0 Å². The molecule has 0 radical (unpaired) electrons. The molecule has 0 aromatic carbocycles. The van der Waals surface area contributed by atoms with Crippen molar-refractivity contribution in [2.75, 3.05) is 0 Å². The van der Waals surface area contributed by atoms with Gasteiger partial charge in [-0.2, -0.15) is 0 Å². The first-order chi connectivity index (χ1) is 4.74. The summed E-state index contributed by atoms with van der Waals surface area (Å²) in [6, 6.07) is 0. The third-order valence-electron chi connectivity index (χ3n) is 2.22. The number of allylic oxidation sites excluding steroid dienone is 2. The van der Waals surface area contributed by atoms with Crippen LogP contribution in [0.15, 0.2) is 12.2 Å². The zero-order valence-corrected chi connectivity index (χ0v) is 8.84. The second-order valence-electron chi connectivity index (χ2n) is 3.19. The number of rotatable bonds is 1. The highest BCUT2D eigenvalue weighted by atomic mass is 127. The lowest BCUT2D eigenvalue weighted by Crippen LogP contribution is -2.17. The maximum absolute atomic E-state index is 2.58. The van der Waals surface area contributed by atoms with Gasteiger partial charge in [-0.3, -0.25) is 0 Å². The lowest BCUT2D eigenvalue weighted by Gasteiger charge is -2.24. The summed E-state index contributed by atoms with van der Waals surface area (Å²) in [4.78, 5) is 0. The maximum atomic E-state index is 2.58. The van der Waals surface area contributed by atoms with Crippen LogP contribution in [0.25, 0.3) is 0 Å². The molecule has 0 amide bonds. The third kappa shape index (κ3) is 2.01. The van der Waals surface area contributed by atoms with E-state index in [-0.39, 0.29) is 0 Å². The summed E-state index contributed by atoms with van der Waals surface area (Å²) in [7, 11) is 2.30.